The summed E-state index contributed by atoms with van der Waals surface area (Å²) in [6, 6.07) is 10.1. The molecule has 0 bridgehead atoms. The molecule has 10 heteroatoms. The van der Waals surface area contributed by atoms with E-state index in [-0.39, 0.29) is 12.1 Å². The summed E-state index contributed by atoms with van der Waals surface area (Å²) in [4.78, 5) is 31.0. The summed E-state index contributed by atoms with van der Waals surface area (Å²) in [6.45, 7) is 7.43. The fourth-order valence-corrected chi connectivity index (χ4v) is 5.49. The van der Waals surface area contributed by atoms with Crippen molar-refractivity contribution in [3.05, 3.63) is 71.1 Å². The zero-order chi connectivity index (χ0) is 25.8. The van der Waals surface area contributed by atoms with Crippen molar-refractivity contribution in [2.45, 2.75) is 33.0 Å². The Morgan fingerprint density at radius 3 is 2.76 bits per heavy atom. The van der Waals surface area contributed by atoms with Gasteiger partial charge in [0, 0.05) is 57.6 Å². The van der Waals surface area contributed by atoms with Crippen LogP contribution in [0.3, 0.4) is 0 Å². The van der Waals surface area contributed by atoms with Crippen LogP contribution >= 0.6 is 11.3 Å². The number of thiazole rings is 1. The minimum Gasteiger partial charge on any atom is -0.371 e. The predicted octanol–water partition coefficient (Wildman–Crippen LogP) is 3.19. The van der Waals surface area contributed by atoms with Crippen molar-refractivity contribution in [3.8, 4) is 21.8 Å². The number of piperazine rings is 1. The summed E-state index contributed by atoms with van der Waals surface area (Å²) < 4.78 is 0. The molecule has 37 heavy (non-hydrogen) atoms. The van der Waals surface area contributed by atoms with Gasteiger partial charge in [0.1, 0.15) is 0 Å². The number of allylic oxidation sites excluding steroid dienone is 1. The molecule has 0 radical (unpaired) electrons. The van der Waals surface area contributed by atoms with Crippen molar-refractivity contribution >= 4 is 23.2 Å². The number of nitrogens with zero attached hydrogens (tertiary/aromatic N) is 5. The van der Waals surface area contributed by atoms with Crippen LogP contribution in [0.2, 0.25) is 0 Å². The lowest BCUT2D eigenvalue weighted by molar-refractivity contribution is -0.130. The van der Waals surface area contributed by atoms with Crippen LogP contribution in [0, 0.1) is 0 Å². The van der Waals surface area contributed by atoms with Crippen molar-refractivity contribution in [2.24, 2.45) is 5.73 Å². The lowest BCUT2D eigenvalue weighted by atomic mass is 10.1. The maximum atomic E-state index is 11.6. The Hall–Kier alpha value is -3.60. The van der Waals surface area contributed by atoms with Gasteiger partial charge in [-0.1, -0.05) is 25.1 Å². The highest BCUT2D eigenvalue weighted by Crippen LogP contribution is 2.36. The zero-order valence-corrected chi connectivity index (χ0v) is 22.0. The van der Waals surface area contributed by atoms with Crippen LogP contribution in [0.1, 0.15) is 24.4 Å². The van der Waals surface area contributed by atoms with E-state index in [1.807, 2.05) is 35.4 Å². The number of amides is 1. The summed E-state index contributed by atoms with van der Waals surface area (Å²) in [5.41, 5.74) is 10.6. The average Bonchev–Trinajstić information content (AvgIpc) is 3.39. The summed E-state index contributed by atoms with van der Waals surface area (Å²) >= 11 is 1.66. The fraction of sp³-hybridized carbons (Fsp3) is 0.333. The molecule has 4 heterocycles. The molecule has 2 aliphatic heterocycles. The van der Waals surface area contributed by atoms with E-state index in [0.29, 0.717) is 12.5 Å². The monoisotopic (exact) mass is 516 g/mol. The maximum Gasteiger partial charge on any atom is 0.227 e. The number of nitrogens with two attached hydrogens (primary N) is 1. The molecule has 1 saturated heterocycles. The molecule has 1 fully saturated rings. The lowest BCUT2D eigenvalue weighted by Gasteiger charge is -2.38. The van der Waals surface area contributed by atoms with Crippen molar-refractivity contribution in [1.29, 1.82) is 0 Å². The molecule has 2 aliphatic rings. The molecule has 9 nitrogen and oxygen atoms in total. The van der Waals surface area contributed by atoms with E-state index in [2.05, 4.69) is 45.6 Å². The predicted molar refractivity (Wildman–Crippen MR) is 147 cm³/mol. The SMILES string of the molecule is CCc1nc(-c2cccc(CN)c2)c(-c2ccnc(NC3=CNC(N4CCN(C(C)=O)CC4)C=C3)n2)s1. The molecule has 192 valence electrons. The number of dihydropyridines is 1. The normalized spacial score (nSPS) is 17.9. The Labute approximate surface area is 221 Å². The van der Waals surface area contributed by atoms with E-state index in [0.717, 1.165) is 70.7 Å². The third kappa shape index (κ3) is 5.71. The third-order valence-corrected chi connectivity index (χ3v) is 7.80. The largest absolute Gasteiger partial charge is 0.371 e. The topological polar surface area (TPSA) is 112 Å². The first-order chi connectivity index (χ1) is 18.0. The van der Waals surface area contributed by atoms with Gasteiger partial charge in [-0.15, -0.1) is 11.3 Å². The number of hydrogen-bond acceptors (Lipinski definition) is 9. The van der Waals surface area contributed by atoms with E-state index >= 15 is 0 Å². The lowest BCUT2D eigenvalue weighted by Crippen LogP contribution is -2.54. The number of carbonyl (C=O) groups is 1. The molecule has 4 N–H and O–H groups in total. The van der Waals surface area contributed by atoms with Gasteiger partial charge in [-0.3, -0.25) is 9.69 Å². The Bertz CT molecular complexity index is 1330. The molecule has 0 spiro atoms. The van der Waals surface area contributed by atoms with Gasteiger partial charge in [0.25, 0.3) is 0 Å². The summed E-state index contributed by atoms with van der Waals surface area (Å²) in [7, 11) is 0. The first kappa shape index (κ1) is 25.1. The smallest absolute Gasteiger partial charge is 0.227 e. The molecular formula is C27H32N8OS. The van der Waals surface area contributed by atoms with Crippen molar-refractivity contribution < 1.29 is 4.79 Å². The minimum absolute atomic E-state index is 0.100. The number of nitrogens with one attached hydrogen (secondary N) is 2. The van der Waals surface area contributed by atoms with E-state index in [9.17, 15) is 4.79 Å². The minimum atomic E-state index is 0.100. The molecule has 5 rings (SSSR count). The second kappa shape index (κ2) is 11.2. The fourth-order valence-electron chi connectivity index (χ4n) is 4.50. The Balaban J connectivity index is 1.30. The van der Waals surface area contributed by atoms with Crippen LogP contribution in [-0.4, -0.2) is 63.0 Å². The van der Waals surface area contributed by atoms with E-state index in [4.69, 9.17) is 15.7 Å². The number of aryl methyl sites for hydroxylation is 1. The number of rotatable bonds is 7. The van der Waals surface area contributed by atoms with E-state index in [1.54, 1.807) is 24.5 Å². The quantitative estimate of drug-likeness (QED) is 0.439. The molecule has 1 aromatic carbocycles. The van der Waals surface area contributed by atoms with Gasteiger partial charge >= 0.3 is 0 Å². The van der Waals surface area contributed by atoms with Gasteiger partial charge in [0.15, 0.2) is 0 Å². The highest BCUT2D eigenvalue weighted by Gasteiger charge is 2.24. The van der Waals surface area contributed by atoms with Crippen molar-refractivity contribution in [1.82, 2.24) is 30.1 Å². The van der Waals surface area contributed by atoms with E-state index < -0.39 is 0 Å². The van der Waals surface area contributed by atoms with E-state index in [1.165, 1.54) is 0 Å². The number of hydrogen-bond donors (Lipinski definition) is 3. The van der Waals surface area contributed by atoms with Gasteiger partial charge in [0.2, 0.25) is 11.9 Å². The first-order valence-electron chi connectivity index (χ1n) is 12.6. The highest BCUT2D eigenvalue weighted by atomic mass is 32.1. The standard InChI is InChI=1S/C27H32N8OS/c1-3-24-33-25(20-6-4-5-19(15-20)16-28)26(37-24)22-9-10-29-27(32-22)31-21-7-8-23(30-17-21)35-13-11-34(12-14-35)18(2)36/h4-10,15,17,23,30H,3,11-14,16,28H2,1-2H3,(H,29,31,32). The molecule has 1 unspecified atom stereocenters. The van der Waals surface area contributed by atoms with Gasteiger partial charge in [-0.2, -0.15) is 0 Å². The Morgan fingerprint density at radius 2 is 2.05 bits per heavy atom. The van der Waals surface area contributed by atoms with Crippen molar-refractivity contribution in [2.75, 3.05) is 31.5 Å². The highest BCUT2D eigenvalue weighted by molar-refractivity contribution is 7.15. The summed E-state index contributed by atoms with van der Waals surface area (Å²) in [5, 5.41) is 7.82. The van der Waals surface area contributed by atoms with Gasteiger partial charge in [-0.05, 0) is 36.3 Å². The second-order valence-electron chi connectivity index (χ2n) is 9.05. The molecular weight excluding hydrogens is 484 g/mol. The van der Waals surface area contributed by atoms with Crippen LogP contribution in [0.15, 0.2) is 60.6 Å². The second-order valence-corrected chi connectivity index (χ2v) is 10.1. The van der Waals surface area contributed by atoms with Crippen LogP contribution in [0.25, 0.3) is 21.8 Å². The third-order valence-electron chi connectivity index (χ3n) is 6.58. The molecule has 0 aliphatic carbocycles. The maximum absolute atomic E-state index is 11.6. The molecule has 1 atom stereocenters. The first-order valence-corrected chi connectivity index (χ1v) is 13.4. The van der Waals surface area contributed by atoms with Crippen LogP contribution < -0.4 is 16.4 Å². The number of benzene rings is 1. The molecule has 2 aromatic heterocycles. The zero-order valence-electron chi connectivity index (χ0n) is 21.1. The number of carbonyl (C=O) groups excluding carboxylic acids is 1. The van der Waals surface area contributed by atoms with Gasteiger partial charge in [0.05, 0.1) is 33.1 Å². The molecule has 0 saturated carbocycles. The summed E-state index contributed by atoms with van der Waals surface area (Å²) in [5.74, 6) is 0.665. The van der Waals surface area contributed by atoms with Crippen LogP contribution in [0.5, 0.6) is 0 Å². The number of aromatic nitrogens is 3. The summed E-state index contributed by atoms with van der Waals surface area (Å²) in [6.07, 6.45) is 8.84. The Kier molecular flexibility index (Phi) is 7.59. The van der Waals surface area contributed by atoms with Crippen molar-refractivity contribution in [3.63, 3.8) is 0 Å². The number of anilines is 1. The van der Waals surface area contributed by atoms with Gasteiger partial charge < -0.3 is 21.3 Å². The van der Waals surface area contributed by atoms with Crippen LogP contribution in [-0.2, 0) is 17.8 Å². The molecule has 1 amide bonds. The molecule has 3 aromatic rings. The van der Waals surface area contributed by atoms with Gasteiger partial charge in [-0.25, -0.2) is 15.0 Å². The van der Waals surface area contributed by atoms with Crippen LogP contribution in [0.4, 0.5) is 5.95 Å². The average molecular weight is 517 g/mol. The Morgan fingerprint density at radius 1 is 1.22 bits per heavy atom.